The first kappa shape index (κ1) is 54.9. The molecule has 1 heterocycles. The molecule has 0 radical (unpaired) electrons. The van der Waals surface area contributed by atoms with E-state index in [1.54, 1.807) is 0 Å². The van der Waals surface area contributed by atoms with Crippen LogP contribution in [0.5, 0.6) is 0 Å². The van der Waals surface area contributed by atoms with E-state index in [4.69, 9.17) is 9.47 Å². The van der Waals surface area contributed by atoms with Crippen molar-refractivity contribution in [2.24, 2.45) is 0 Å². The second-order valence-corrected chi connectivity index (χ2v) is 17.6. The second kappa shape index (κ2) is 40.0. The van der Waals surface area contributed by atoms with Gasteiger partial charge in [-0.3, -0.25) is 4.79 Å². The molecule has 6 N–H and O–H groups in total. The minimum absolute atomic E-state index is 0.145. The molecule has 0 aliphatic carbocycles. The van der Waals surface area contributed by atoms with E-state index in [-0.39, 0.29) is 12.5 Å². The van der Waals surface area contributed by atoms with Crippen LogP contribution in [0.1, 0.15) is 239 Å². The monoisotopic (exact) mass is 826 g/mol. The summed E-state index contributed by atoms with van der Waals surface area (Å²) in [5, 5.41) is 54.4. The van der Waals surface area contributed by atoms with Crippen LogP contribution in [0.25, 0.3) is 0 Å². The van der Waals surface area contributed by atoms with Gasteiger partial charge in [0.1, 0.15) is 24.4 Å². The highest BCUT2D eigenvalue weighted by atomic mass is 16.7. The van der Waals surface area contributed by atoms with Gasteiger partial charge >= 0.3 is 0 Å². The largest absolute Gasteiger partial charge is 0.394 e. The Hall–Kier alpha value is -1.07. The molecule has 1 saturated heterocycles. The fraction of sp³-hybridized carbons (Fsp3) is 0.939. The summed E-state index contributed by atoms with van der Waals surface area (Å²) in [6.07, 6.45) is 39.4. The molecule has 2 unspecified atom stereocenters. The summed E-state index contributed by atoms with van der Waals surface area (Å²) in [5.74, 6) is -0.150. The Morgan fingerprint density at radius 2 is 0.966 bits per heavy atom. The lowest BCUT2D eigenvalue weighted by atomic mass is 9.99. The Labute approximate surface area is 356 Å². The third-order valence-corrected chi connectivity index (χ3v) is 12.1. The van der Waals surface area contributed by atoms with Crippen LogP contribution in [0.2, 0.25) is 0 Å². The smallest absolute Gasteiger partial charge is 0.220 e. The summed E-state index contributed by atoms with van der Waals surface area (Å²) in [4.78, 5) is 13.0. The first-order valence-electron chi connectivity index (χ1n) is 24.9. The van der Waals surface area contributed by atoms with E-state index >= 15 is 0 Å². The average molecular weight is 826 g/mol. The summed E-state index contributed by atoms with van der Waals surface area (Å²) in [6, 6.07) is -0.730. The maximum atomic E-state index is 13.0. The Morgan fingerprint density at radius 3 is 1.40 bits per heavy atom. The Kier molecular flexibility index (Phi) is 37.9. The van der Waals surface area contributed by atoms with Gasteiger partial charge in [-0.05, 0) is 38.5 Å². The molecule has 1 aliphatic heterocycles. The van der Waals surface area contributed by atoms with E-state index in [0.29, 0.717) is 12.8 Å². The highest BCUT2D eigenvalue weighted by Gasteiger charge is 2.44. The van der Waals surface area contributed by atoms with Gasteiger partial charge in [-0.2, -0.15) is 0 Å². The normalized spacial score (nSPS) is 20.8. The molecule has 9 nitrogen and oxygen atoms in total. The molecule has 0 bridgehead atoms. The number of unbranched alkanes of at least 4 members (excludes halogenated alkanes) is 30. The van der Waals surface area contributed by atoms with Crippen LogP contribution >= 0.6 is 0 Å². The number of rotatable bonds is 42. The number of amides is 1. The highest BCUT2D eigenvalue weighted by molar-refractivity contribution is 5.76. The van der Waals surface area contributed by atoms with Crippen LogP contribution in [0.15, 0.2) is 12.2 Å². The highest BCUT2D eigenvalue weighted by Crippen LogP contribution is 2.23. The zero-order chi connectivity index (χ0) is 42.3. The minimum atomic E-state index is -1.55. The lowest BCUT2D eigenvalue weighted by molar-refractivity contribution is -0.302. The Balaban J connectivity index is 2.30. The van der Waals surface area contributed by atoms with Gasteiger partial charge < -0.3 is 40.3 Å². The van der Waals surface area contributed by atoms with Gasteiger partial charge in [0, 0.05) is 6.42 Å². The van der Waals surface area contributed by atoms with Crippen molar-refractivity contribution in [1.29, 1.82) is 0 Å². The average Bonchev–Trinajstić information content (AvgIpc) is 3.22. The molecule has 0 aromatic rings. The summed E-state index contributed by atoms with van der Waals surface area (Å²) >= 11 is 0. The molecule has 9 heteroatoms. The van der Waals surface area contributed by atoms with Crippen molar-refractivity contribution in [1.82, 2.24) is 5.32 Å². The fourth-order valence-electron chi connectivity index (χ4n) is 8.10. The number of carbonyl (C=O) groups excluding carboxylic acids is 1. The predicted octanol–water partition coefficient (Wildman–Crippen LogP) is 10.9. The topological polar surface area (TPSA) is 149 Å². The third-order valence-electron chi connectivity index (χ3n) is 12.1. The van der Waals surface area contributed by atoms with Crippen LogP contribution in [0.3, 0.4) is 0 Å². The minimum Gasteiger partial charge on any atom is -0.394 e. The molecule has 1 fully saturated rings. The number of hydrogen-bond acceptors (Lipinski definition) is 8. The lowest BCUT2D eigenvalue weighted by Crippen LogP contribution is -2.60. The van der Waals surface area contributed by atoms with E-state index in [9.17, 15) is 30.3 Å². The predicted molar refractivity (Wildman–Crippen MR) is 240 cm³/mol. The zero-order valence-corrected chi connectivity index (χ0v) is 37.8. The molecule has 344 valence electrons. The van der Waals surface area contributed by atoms with Gasteiger partial charge in [-0.1, -0.05) is 206 Å². The Morgan fingerprint density at radius 1 is 0.569 bits per heavy atom. The van der Waals surface area contributed by atoms with Gasteiger partial charge in [0.05, 0.1) is 25.4 Å². The standard InChI is InChI=1S/C49H95NO8/c1-3-5-7-9-11-13-15-17-19-21-23-25-27-29-31-33-35-37-39-45(53)50-42(41-57-49-48(56)47(55)46(54)44(40-51)58-49)43(52)38-36-34-32-30-28-26-24-22-20-18-16-14-12-10-8-6-4-2/h28,30,42-44,46-49,51-52,54-56H,3-27,29,31-41H2,1-2H3,(H,50,53)/b30-28+/t42-,43+,44-,46-,47?,48?,49-/m0/s1. The van der Waals surface area contributed by atoms with Crippen LogP contribution < -0.4 is 5.32 Å². The van der Waals surface area contributed by atoms with Gasteiger partial charge in [0.15, 0.2) is 6.29 Å². The van der Waals surface area contributed by atoms with Crippen molar-refractivity contribution in [2.45, 2.75) is 281 Å². The van der Waals surface area contributed by atoms with Crippen LogP contribution in [-0.4, -0.2) is 87.5 Å². The maximum absolute atomic E-state index is 13.0. The van der Waals surface area contributed by atoms with Gasteiger partial charge in [0.25, 0.3) is 0 Å². The zero-order valence-electron chi connectivity index (χ0n) is 37.8. The van der Waals surface area contributed by atoms with Crippen LogP contribution in [-0.2, 0) is 14.3 Å². The second-order valence-electron chi connectivity index (χ2n) is 17.6. The van der Waals surface area contributed by atoms with E-state index in [1.807, 2.05) is 0 Å². The van der Waals surface area contributed by atoms with Gasteiger partial charge in [-0.25, -0.2) is 0 Å². The molecule has 0 spiro atoms. The number of carbonyl (C=O) groups is 1. The number of aliphatic hydroxyl groups is 5. The number of allylic oxidation sites excluding steroid dienone is 2. The van der Waals surface area contributed by atoms with E-state index in [1.165, 1.54) is 167 Å². The molecule has 1 rings (SSSR count). The van der Waals surface area contributed by atoms with Crippen molar-refractivity contribution >= 4 is 5.91 Å². The number of hydrogen-bond donors (Lipinski definition) is 6. The lowest BCUT2D eigenvalue weighted by Gasteiger charge is -2.40. The van der Waals surface area contributed by atoms with E-state index in [2.05, 4.69) is 31.3 Å². The molecule has 1 amide bonds. The van der Waals surface area contributed by atoms with E-state index in [0.717, 1.165) is 44.9 Å². The molecule has 58 heavy (non-hydrogen) atoms. The molecule has 0 aromatic heterocycles. The molecule has 0 saturated carbocycles. The van der Waals surface area contributed by atoms with Crippen LogP contribution in [0, 0.1) is 0 Å². The molecular formula is C49H95NO8. The number of nitrogens with one attached hydrogen (secondary N) is 1. The van der Waals surface area contributed by atoms with Crippen molar-refractivity contribution in [3.8, 4) is 0 Å². The summed E-state index contributed by atoms with van der Waals surface area (Å²) in [5.41, 5.74) is 0. The summed E-state index contributed by atoms with van der Waals surface area (Å²) in [6.45, 7) is 3.84. The summed E-state index contributed by atoms with van der Waals surface area (Å²) < 4.78 is 11.3. The molecular weight excluding hydrogens is 731 g/mol. The van der Waals surface area contributed by atoms with Crippen molar-refractivity contribution < 1.29 is 39.8 Å². The van der Waals surface area contributed by atoms with Crippen molar-refractivity contribution in [3.63, 3.8) is 0 Å². The Bertz CT molecular complexity index is 919. The number of ether oxygens (including phenoxy) is 2. The first-order valence-corrected chi connectivity index (χ1v) is 24.9. The quantitative estimate of drug-likeness (QED) is 0.0263. The SMILES string of the molecule is CCCCCCCCCCCCC/C=C/CCCC[C@@H](O)[C@H](CO[C@H]1O[C@@H](CO)[C@H](O)C(O)C1O)NC(=O)CCCCCCCCCCCCCCCCCCCC. The number of aliphatic hydroxyl groups excluding tert-OH is 5. The van der Waals surface area contributed by atoms with Crippen LogP contribution in [0.4, 0.5) is 0 Å². The van der Waals surface area contributed by atoms with Gasteiger partial charge in [-0.15, -0.1) is 0 Å². The molecule has 7 atom stereocenters. The van der Waals surface area contributed by atoms with Crippen molar-refractivity contribution in [2.75, 3.05) is 13.2 Å². The summed E-state index contributed by atoms with van der Waals surface area (Å²) in [7, 11) is 0. The molecule has 0 aromatic carbocycles. The maximum Gasteiger partial charge on any atom is 0.220 e. The van der Waals surface area contributed by atoms with E-state index < -0.39 is 49.5 Å². The van der Waals surface area contributed by atoms with Gasteiger partial charge in [0.2, 0.25) is 5.91 Å². The third kappa shape index (κ3) is 30.0. The molecule has 1 aliphatic rings. The fourth-order valence-corrected chi connectivity index (χ4v) is 8.10. The van der Waals surface area contributed by atoms with Crippen molar-refractivity contribution in [3.05, 3.63) is 12.2 Å². The first-order chi connectivity index (χ1) is 28.3.